The first kappa shape index (κ1) is 15.1. The normalized spacial score (nSPS) is 10.8. The summed E-state index contributed by atoms with van der Waals surface area (Å²) < 4.78 is 8.54. The Morgan fingerprint density at radius 2 is 2.09 bits per heavy atom. The van der Waals surface area contributed by atoms with Crippen molar-refractivity contribution in [3.05, 3.63) is 65.4 Å². The zero-order valence-electron chi connectivity index (χ0n) is 11.8. The van der Waals surface area contributed by atoms with Gasteiger partial charge in [-0.2, -0.15) is 0 Å². The zero-order valence-corrected chi connectivity index (χ0v) is 14.2. The minimum Gasteiger partial charge on any atom is -0.461 e. The van der Waals surface area contributed by atoms with Gasteiger partial charge in [-0.25, -0.2) is 0 Å². The van der Waals surface area contributed by atoms with E-state index in [1.54, 1.807) is 18.0 Å². The van der Waals surface area contributed by atoms with Crippen molar-refractivity contribution < 1.29 is 4.42 Å². The Kier molecular flexibility index (Phi) is 4.80. The minimum absolute atomic E-state index is 0.640. The van der Waals surface area contributed by atoms with Gasteiger partial charge in [-0.3, -0.25) is 4.57 Å². The van der Waals surface area contributed by atoms with E-state index in [1.165, 1.54) is 5.56 Å². The molecule has 0 atom stereocenters. The molecule has 22 heavy (non-hydrogen) atoms. The van der Waals surface area contributed by atoms with Crippen LogP contribution in [0.4, 0.5) is 0 Å². The van der Waals surface area contributed by atoms with Crippen LogP contribution in [0, 0.1) is 0 Å². The molecule has 0 saturated carbocycles. The lowest BCUT2D eigenvalue weighted by Crippen LogP contribution is -2.00. The molecule has 6 heteroatoms. The molecule has 0 saturated heterocycles. The highest BCUT2D eigenvalue weighted by atomic mass is 79.9. The molecule has 1 aromatic carbocycles. The Balaban J connectivity index is 1.85. The van der Waals surface area contributed by atoms with Crippen LogP contribution in [0.5, 0.6) is 0 Å². The number of thioether (sulfide) groups is 1. The van der Waals surface area contributed by atoms with Crippen LogP contribution in [0.3, 0.4) is 0 Å². The third kappa shape index (κ3) is 3.18. The zero-order chi connectivity index (χ0) is 15.4. The molecule has 0 spiro atoms. The summed E-state index contributed by atoms with van der Waals surface area (Å²) in [6.45, 7) is 4.45. The Hall–Kier alpha value is -1.79. The summed E-state index contributed by atoms with van der Waals surface area (Å²) in [6, 6.07) is 11.9. The Labute approximate surface area is 141 Å². The van der Waals surface area contributed by atoms with Crippen LogP contribution in [0.2, 0.25) is 0 Å². The number of hydrogen-bond acceptors (Lipinski definition) is 4. The van der Waals surface area contributed by atoms with Crippen LogP contribution in [-0.4, -0.2) is 14.8 Å². The van der Waals surface area contributed by atoms with Crippen molar-refractivity contribution in [3.63, 3.8) is 0 Å². The number of aromatic nitrogens is 3. The maximum absolute atomic E-state index is 5.43. The standard InChI is InChI=1S/C16H14BrN3OS/c1-2-9-20-15(14-8-5-10-21-14)18-19-16(20)22-11-12-6-3-4-7-13(12)17/h2-8,10H,1,9,11H2. The van der Waals surface area contributed by atoms with Crippen LogP contribution < -0.4 is 0 Å². The summed E-state index contributed by atoms with van der Waals surface area (Å²) in [5.74, 6) is 2.25. The van der Waals surface area contributed by atoms with E-state index in [9.17, 15) is 0 Å². The van der Waals surface area contributed by atoms with Crippen molar-refractivity contribution >= 4 is 27.7 Å². The predicted octanol–water partition coefficient (Wildman–Crippen LogP) is 4.78. The molecule has 0 fully saturated rings. The van der Waals surface area contributed by atoms with E-state index in [2.05, 4.69) is 38.8 Å². The molecular weight excluding hydrogens is 362 g/mol. The monoisotopic (exact) mass is 375 g/mol. The van der Waals surface area contributed by atoms with Crippen molar-refractivity contribution in [2.75, 3.05) is 0 Å². The van der Waals surface area contributed by atoms with Gasteiger partial charge in [-0.15, -0.1) is 16.8 Å². The number of hydrogen-bond donors (Lipinski definition) is 0. The highest BCUT2D eigenvalue weighted by Gasteiger charge is 2.15. The van der Waals surface area contributed by atoms with Crippen molar-refractivity contribution in [1.29, 1.82) is 0 Å². The Bertz CT molecular complexity index is 768. The fourth-order valence-corrected chi connectivity index (χ4v) is 3.60. The van der Waals surface area contributed by atoms with Crippen molar-refractivity contribution in [2.24, 2.45) is 0 Å². The van der Waals surface area contributed by atoms with E-state index in [0.717, 1.165) is 21.2 Å². The summed E-state index contributed by atoms with van der Waals surface area (Å²) in [4.78, 5) is 0. The third-order valence-electron chi connectivity index (χ3n) is 3.08. The quantitative estimate of drug-likeness (QED) is 0.459. The van der Waals surface area contributed by atoms with Crippen LogP contribution >= 0.6 is 27.7 Å². The van der Waals surface area contributed by atoms with Gasteiger partial charge in [0.25, 0.3) is 0 Å². The smallest absolute Gasteiger partial charge is 0.200 e. The van der Waals surface area contributed by atoms with Crippen LogP contribution in [0.25, 0.3) is 11.6 Å². The van der Waals surface area contributed by atoms with Gasteiger partial charge in [-0.05, 0) is 23.8 Å². The maximum Gasteiger partial charge on any atom is 0.200 e. The molecule has 0 N–H and O–H groups in total. The summed E-state index contributed by atoms with van der Waals surface area (Å²) in [7, 11) is 0. The van der Waals surface area contributed by atoms with E-state index >= 15 is 0 Å². The van der Waals surface area contributed by atoms with Gasteiger partial charge in [0.2, 0.25) is 5.82 Å². The highest BCUT2D eigenvalue weighted by molar-refractivity contribution is 9.10. The number of rotatable bonds is 6. The van der Waals surface area contributed by atoms with Gasteiger partial charge in [0, 0.05) is 16.8 Å². The van der Waals surface area contributed by atoms with Gasteiger partial charge < -0.3 is 4.42 Å². The molecule has 3 aromatic rings. The first-order chi connectivity index (χ1) is 10.8. The molecule has 0 radical (unpaired) electrons. The van der Waals surface area contributed by atoms with Gasteiger partial charge >= 0.3 is 0 Å². The van der Waals surface area contributed by atoms with Crippen molar-refractivity contribution in [2.45, 2.75) is 17.5 Å². The molecule has 0 unspecified atom stereocenters. The first-order valence-corrected chi connectivity index (χ1v) is 8.51. The lowest BCUT2D eigenvalue weighted by atomic mass is 10.2. The molecule has 0 aliphatic heterocycles. The largest absolute Gasteiger partial charge is 0.461 e. The molecule has 112 valence electrons. The Morgan fingerprint density at radius 3 is 2.82 bits per heavy atom. The second-order valence-electron chi connectivity index (χ2n) is 4.56. The second kappa shape index (κ2) is 6.98. The fourth-order valence-electron chi connectivity index (χ4n) is 2.03. The van der Waals surface area contributed by atoms with Crippen LogP contribution in [-0.2, 0) is 12.3 Å². The molecule has 4 nitrogen and oxygen atoms in total. The number of nitrogens with zero attached hydrogens (tertiary/aromatic N) is 3. The van der Waals surface area contributed by atoms with Crippen molar-refractivity contribution in [3.8, 4) is 11.6 Å². The van der Waals surface area contributed by atoms with E-state index < -0.39 is 0 Å². The number of benzene rings is 1. The van der Waals surface area contributed by atoms with Crippen molar-refractivity contribution in [1.82, 2.24) is 14.8 Å². The summed E-state index contributed by atoms with van der Waals surface area (Å²) in [5.41, 5.74) is 1.22. The predicted molar refractivity (Wildman–Crippen MR) is 91.6 cm³/mol. The molecular formula is C16H14BrN3OS. The molecule has 0 aliphatic rings. The number of allylic oxidation sites excluding steroid dienone is 1. The number of furan rings is 1. The lowest BCUT2D eigenvalue weighted by molar-refractivity contribution is 0.569. The molecule has 3 rings (SSSR count). The summed E-state index contributed by atoms with van der Waals surface area (Å²) in [5, 5.41) is 9.39. The average molecular weight is 376 g/mol. The van der Waals surface area contributed by atoms with Crippen LogP contribution in [0.1, 0.15) is 5.56 Å². The maximum atomic E-state index is 5.43. The molecule has 0 bridgehead atoms. The van der Waals surface area contributed by atoms with Gasteiger partial charge in [-0.1, -0.05) is 52.0 Å². The van der Waals surface area contributed by atoms with Gasteiger partial charge in [0.15, 0.2) is 10.9 Å². The molecule has 0 aliphatic carbocycles. The van der Waals surface area contributed by atoms with E-state index in [1.807, 2.05) is 41.0 Å². The average Bonchev–Trinajstić information content (AvgIpc) is 3.16. The first-order valence-electron chi connectivity index (χ1n) is 6.74. The van der Waals surface area contributed by atoms with Gasteiger partial charge in [0.1, 0.15) is 0 Å². The summed E-state index contributed by atoms with van der Waals surface area (Å²) >= 11 is 5.21. The molecule has 2 heterocycles. The van der Waals surface area contributed by atoms with E-state index in [-0.39, 0.29) is 0 Å². The highest BCUT2D eigenvalue weighted by Crippen LogP contribution is 2.28. The topological polar surface area (TPSA) is 43.9 Å². The SMILES string of the molecule is C=CCn1c(SCc2ccccc2Br)nnc1-c1ccco1. The third-order valence-corrected chi connectivity index (χ3v) is 4.87. The minimum atomic E-state index is 0.640. The lowest BCUT2D eigenvalue weighted by Gasteiger charge is -2.07. The van der Waals surface area contributed by atoms with E-state index in [0.29, 0.717) is 12.3 Å². The summed E-state index contributed by atoms with van der Waals surface area (Å²) in [6.07, 6.45) is 3.47. The van der Waals surface area contributed by atoms with Gasteiger partial charge in [0.05, 0.1) is 6.26 Å². The van der Waals surface area contributed by atoms with Crippen LogP contribution in [0.15, 0.2) is 69.4 Å². The second-order valence-corrected chi connectivity index (χ2v) is 6.36. The Morgan fingerprint density at radius 1 is 1.23 bits per heavy atom. The van der Waals surface area contributed by atoms with E-state index in [4.69, 9.17) is 4.42 Å². The number of halogens is 1. The molecule has 2 aromatic heterocycles. The molecule has 0 amide bonds. The fraction of sp³-hybridized carbons (Fsp3) is 0.125.